The van der Waals surface area contributed by atoms with Crippen LogP contribution in [0.3, 0.4) is 0 Å². The summed E-state index contributed by atoms with van der Waals surface area (Å²) >= 11 is 1.53. The number of aliphatic carboxylic acids is 6. The normalized spacial score (nSPS) is 7.79. The van der Waals surface area contributed by atoms with Crippen LogP contribution in [0.5, 0.6) is 0 Å². The molecule has 1 unspecified atom stereocenters. The Hall–Kier alpha value is -2.60. The molecule has 0 fully saturated rings. The average molecular weight is 600 g/mol. The van der Waals surface area contributed by atoms with Crippen molar-refractivity contribution in [2.75, 3.05) is 6.54 Å². The van der Waals surface area contributed by atoms with Crippen molar-refractivity contribution >= 4 is 35.8 Å². The first-order valence-corrected chi connectivity index (χ1v) is 8.39. The monoisotopic (exact) mass is 600 g/mol. The fraction of sp³-hybridized carbons (Fsp3) is 0.571. The Labute approximate surface area is 178 Å². The van der Waals surface area contributed by atoms with Crippen LogP contribution in [0, 0.1) is 0 Å². The summed E-state index contributed by atoms with van der Waals surface area (Å²) < 4.78 is 0.218. The summed E-state index contributed by atoms with van der Waals surface area (Å²) in [4.78, 5) is 53.3. The van der Waals surface area contributed by atoms with E-state index in [1.54, 1.807) is 0 Å². The molecule has 0 aliphatic carbocycles. The summed E-state index contributed by atoms with van der Waals surface area (Å²) in [5.74, 6) is -6.50. The molecular weight excluding hydrogens is 574 g/mol. The molecule has 170 valence electrons. The van der Waals surface area contributed by atoms with Gasteiger partial charge in [0.1, 0.15) is 0 Å². The van der Waals surface area contributed by atoms with Crippen LogP contribution >= 0.6 is 0 Å². The van der Waals surface area contributed by atoms with E-state index in [0.29, 0.717) is 6.54 Å². The number of carbonyl (C=O) groups excluding carboxylic acids is 6. The fourth-order valence-corrected chi connectivity index (χ4v) is 0. The molecule has 0 aromatic heterocycles. The molecule has 0 aromatic carbocycles. The summed E-state index contributed by atoms with van der Waals surface area (Å²) in [6.45, 7) is 6.44. The van der Waals surface area contributed by atoms with Crippen molar-refractivity contribution in [2.24, 2.45) is 11.5 Å². The molecule has 0 aliphatic heterocycles. The van der Waals surface area contributed by atoms with Crippen molar-refractivity contribution in [1.29, 1.82) is 0 Å². The van der Waals surface area contributed by atoms with Gasteiger partial charge in [0.05, 0.1) is 0 Å². The minimum absolute atomic E-state index is 0.218. The third-order valence-electron chi connectivity index (χ3n) is 0.225. The second-order valence-corrected chi connectivity index (χ2v) is 5.72. The number of hydrogen-bond donors (Lipinski definition) is 2. The van der Waals surface area contributed by atoms with Gasteiger partial charge in [-0.1, -0.05) is 0 Å². The van der Waals surface area contributed by atoms with Gasteiger partial charge in [-0.25, -0.2) is 0 Å². The van der Waals surface area contributed by atoms with E-state index >= 15 is 0 Å². The number of rotatable bonds is 1. The summed E-state index contributed by atoms with van der Waals surface area (Å²) in [6, 6.07) is 0. The summed E-state index contributed by atoms with van der Waals surface area (Å²) in [5, 5.41) is 53.3. The molecule has 0 bridgehead atoms. The van der Waals surface area contributed by atoms with E-state index in [0.717, 1.165) is 41.5 Å². The van der Waals surface area contributed by atoms with E-state index in [1.165, 1.54) is 19.2 Å². The molecule has 0 saturated carbocycles. The number of hydrogen-bond acceptors (Lipinski definition) is 14. The first kappa shape index (κ1) is 45.3. The van der Waals surface area contributed by atoms with Gasteiger partial charge in [0.2, 0.25) is 0 Å². The van der Waals surface area contributed by atoms with Crippen LogP contribution in [0.2, 0.25) is 0 Å². The molecule has 0 heterocycles. The molecule has 0 aromatic rings. The van der Waals surface area contributed by atoms with Crippen LogP contribution in [-0.4, -0.2) is 46.9 Å². The maximum absolute atomic E-state index is 8.89. The van der Waals surface area contributed by atoms with E-state index < -0.39 is 35.8 Å². The van der Waals surface area contributed by atoms with Crippen LogP contribution in [0.4, 0.5) is 0 Å². The number of carboxylic acids is 6. The van der Waals surface area contributed by atoms with Gasteiger partial charge < -0.3 is 59.4 Å². The van der Waals surface area contributed by atoms with Crippen molar-refractivity contribution in [2.45, 2.75) is 46.1 Å². The van der Waals surface area contributed by atoms with Gasteiger partial charge in [0.15, 0.2) is 0 Å². The van der Waals surface area contributed by atoms with E-state index in [9.17, 15) is 0 Å². The van der Waals surface area contributed by atoms with E-state index in [2.05, 4.69) is 0 Å². The Bertz CT molecular complexity index is 325. The SMILES string of the molecule is CC(=O)[O-].CC(=O)[O-].CC(=O)[O-].CC(=O)[O-].CC(=O)[O-].CC(=O)[O-].NC[CH](N)[Re+6]. The Kier molecular flexibility index (Phi) is 62.7. The first-order chi connectivity index (χ1) is 12.7. The van der Waals surface area contributed by atoms with Crippen molar-refractivity contribution < 1.29 is 78.6 Å². The molecule has 1 atom stereocenters. The van der Waals surface area contributed by atoms with E-state index in [-0.39, 0.29) is 4.51 Å². The standard InChI is InChI=1S/C2H7N2.6C2H4O2.Re/c3-1-2-4;6*1-2(3)4;/h1H,2-4H2;6*1H3,(H,3,4);/q;;;;;;;+6/p-6. The molecule has 0 rings (SSSR count). The van der Waals surface area contributed by atoms with Gasteiger partial charge in [0, 0.05) is 35.8 Å². The van der Waals surface area contributed by atoms with Crippen LogP contribution in [0.15, 0.2) is 0 Å². The van der Waals surface area contributed by atoms with Gasteiger partial charge in [-0.05, 0) is 41.5 Å². The molecule has 0 saturated heterocycles. The summed E-state index contributed by atoms with van der Waals surface area (Å²) in [6.07, 6.45) is 0. The molecule has 14 nitrogen and oxygen atoms in total. The van der Waals surface area contributed by atoms with Crippen molar-refractivity contribution in [1.82, 2.24) is 0 Å². The predicted octanol–water partition coefficient (Wildman–Crippen LogP) is -8.69. The van der Waals surface area contributed by atoms with Crippen LogP contribution in [0.25, 0.3) is 0 Å². The van der Waals surface area contributed by atoms with Crippen molar-refractivity contribution in [3.05, 3.63) is 0 Å². The second kappa shape index (κ2) is 40.2. The Morgan fingerprint density at radius 3 is 0.621 bits per heavy atom. The second-order valence-electron chi connectivity index (χ2n) is 3.70. The zero-order valence-corrected chi connectivity index (χ0v) is 19.4. The Morgan fingerprint density at radius 2 is 0.621 bits per heavy atom. The van der Waals surface area contributed by atoms with Gasteiger partial charge in [-0.2, -0.15) is 0 Å². The predicted molar refractivity (Wildman–Crippen MR) is 81.1 cm³/mol. The average Bonchev–Trinajstić information content (AvgIpc) is 2.34. The molecule has 0 aliphatic rings. The molecule has 29 heavy (non-hydrogen) atoms. The van der Waals surface area contributed by atoms with Crippen LogP contribution < -0.4 is 42.1 Å². The molecule has 4 N–H and O–H groups in total. The summed E-state index contributed by atoms with van der Waals surface area (Å²) in [7, 11) is 0. The van der Waals surface area contributed by atoms with Gasteiger partial charge in [-0.3, -0.25) is 0 Å². The molecular formula is C14H25N2O12Re. The Balaban J connectivity index is -0.0000000390. The number of carboxylic acid groups (broad SMARTS) is 6. The quantitative estimate of drug-likeness (QED) is 0.283. The Morgan fingerprint density at radius 1 is 0.586 bits per heavy atom. The zero-order chi connectivity index (χ0) is 25.7. The van der Waals surface area contributed by atoms with Crippen LogP contribution in [0.1, 0.15) is 41.5 Å². The molecule has 0 spiro atoms. The number of nitrogens with two attached hydrogens (primary N) is 2. The third kappa shape index (κ3) is 38900. The van der Waals surface area contributed by atoms with Crippen molar-refractivity contribution in [3.8, 4) is 0 Å². The first-order valence-electron chi connectivity index (χ1n) is 6.82. The van der Waals surface area contributed by atoms with Gasteiger partial charge in [-0.15, -0.1) is 0 Å². The summed E-state index contributed by atoms with van der Waals surface area (Å²) in [5.41, 5.74) is 10.3. The van der Waals surface area contributed by atoms with Crippen LogP contribution in [-0.2, 0) is 48.0 Å². The topological polar surface area (TPSA) is 293 Å². The van der Waals surface area contributed by atoms with Gasteiger partial charge in [0.25, 0.3) is 0 Å². The van der Waals surface area contributed by atoms with Gasteiger partial charge >= 0.3 is 41.7 Å². The maximum atomic E-state index is 8.89. The molecule has 15 heteroatoms. The minimum atomic E-state index is -1.08. The zero-order valence-electron chi connectivity index (χ0n) is 16.7. The van der Waals surface area contributed by atoms with Crippen molar-refractivity contribution in [3.63, 3.8) is 0 Å². The molecule has 0 radical (unpaired) electrons. The third-order valence-corrected chi connectivity index (χ3v) is 0.865. The fourth-order valence-electron chi connectivity index (χ4n) is 0. The molecule has 0 amide bonds. The van der Waals surface area contributed by atoms with E-state index in [4.69, 9.17) is 70.9 Å². The number of carbonyl (C=O) groups is 6. The van der Waals surface area contributed by atoms with E-state index in [1.807, 2.05) is 0 Å².